The molecule has 166 valence electrons. The molecule has 0 atom stereocenters. The summed E-state index contributed by atoms with van der Waals surface area (Å²) in [5.74, 6) is 1.31. The normalized spacial score (nSPS) is 15.2. The van der Waals surface area contributed by atoms with Crippen LogP contribution in [0.4, 0.5) is 5.69 Å². The summed E-state index contributed by atoms with van der Waals surface area (Å²) in [6.07, 6.45) is 1.67. The van der Waals surface area contributed by atoms with Crippen molar-refractivity contribution in [3.63, 3.8) is 0 Å². The Labute approximate surface area is 198 Å². The topological polar surface area (TPSA) is 77.1 Å². The number of rotatable bonds is 5. The number of anilines is 1. The smallest absolute Gasteiger partial charge is 0.294 e. The van der Waals surface area contributed by atoms with Crippen LogP contribution < -0.4 is 24.4 Å². The molecular weight excluding hydrogens is 488 g/mol. The molecule has 0 aliphatic carbocycles. The highest BCUT2D eigenvalue weighted by molar-refractivity contribution is 9.10. The number of carbonyl (C=O) groups is 2. The molecule has 0 aromatic heterocycles. The Morgan fingerprint density at radius 3 is 2.67 bits per heavy atom. The zero-order chi connectivity index (χ0) is 22.8. The molecule has 8 heteroatoms. The van der Waals surface area contributed by atoms with E-state index in [-0.39, 0.29) is 30.9 Å². The summed E-state index contributed by atoms with van der Waals surface area (Å²) >= 11 is 3.49. The van der Waals surface area contributed by atoms with Crippen LogP contribution in [-0.2, 0) is 16.1 Å². The zero-order valence-electron chi connectivity index (χ0n) is 17.4. The van der Waals surface area contributed by atoms with E-state index in [1.807, 2.05) is 48.5 Å². The molecule has 5 rings (SSSR count). The highest BCUT2D eigenvalue weighted by Crippen LogP contribution is 2.36. The van der Waals surface area contributed by atoms with Crippen LogP contribution in [0.3, 0.4) is 0 Å². The lowest BCUT2D eigenvalue weighted by atomic mass is 10.1. The van der Waals surface area contributed by atoms with E-state index >= 15 is 0 Å². The second-order valence-corrected chi connectivity index (χ2v) is 8.31. The summed E-state index contributed by atoms with van der Waals surface area (Å²) in [7, 11) is 0. The Kier molecular flexibility index (Phi) is 5.75. The number of fused-ring (bicyclic) bond motifs is 2. The average molecular weight is 507 g/mol. The fourth-order valence-corrected chi connectivity index (χ4v) is 4.00. The third kappa shape index (κ3) is 4.42. The Morgan fingerprint density at radius 2 is 1.79 bits per heavy atom. The third-order valence-corrected chi connectivity index (χ3v) is 5.97. The van der Waals surface area contributed by atoms with Crippen LogP contribution >= 0.6 is 15.9 Å². The number of nitrogens with one attached hydrogen (secondary N) is 1. The summed E-state index contributed by atoms with van der Waals surface area (Å²) in [5.41, 5.74) is 2.22. The van der Waals surface area contributed by atoms with Crippen molar-refractivity contribution in [2.45, 2.75) is 6.54 Å². The molecule has 0 unspecified atom stereocenters. The second kappa shape index (κ2) is 8.99. The van der Waals surface area contributed by atoms with Gasteiger partial charge in [0.25, 0.3) is 5.91 Å². The molecule has 2 amide bonds. The third-order valence-electron chi connectivity index (χ3n) is 5.25. The molecule has 2 aliphatic heterocycles. The molecule has 2 heterocycles. The van der Waals surface area contributed by atoms with E-state index < -0.39 is 0 Å². The molecule has 3 aromatic carbocycles. The van der Waals surface area contributed by atoms with Gasteiger partial charge in [-0.2, -0.15) is 0 Å². The van der Waals surface area contributed by atoms with Gasteiger partial charge in [0.1, 0.15) is 6.54 Å². The van der Waals surface area contributed by atoms with Crippen LogP contribution in [0.2, 0.25) is 0 Å². The van der Waals surface area contributed by atoms with Crippen LogP contribution in [0.5, 0.6) is 17.2 Å². The molecule has 0 bridgehead atoms. The SMILES string of the molecule is O=C(CN1C(=O)C(=Cc2ccccc2Br)Oc2ccccc21)NCc1ccc2c(c1)OCO2. The first-order valence-electron chi connectivity index (χ1n) is 10.3. The summed E-state index contributed by atoms with van der Waals surface area (Å²) < 4.78 is 17.4. The number of nitrogens with zero attached hydrogens (tertiary/aromatic N) is 1. The van der Waals surface area contributed by atoms with Crippen LogP contribution in [0.25, 0.3) is 6.08 Å². The van der Waals surface area contributed by atoms with Gasteiger partial charge in [-0.15, -0.1) is 0 Å². The Hall–Kier alpha value is -3.78. The Morgan fingerprint density at radius 1 is 1.00 bits per heavy atom. The van der Waals surface area contributed by atoms with Gasteiger partial charge in [-0.3, -0.25) is 14.5 Å². The van der Waals surface area contributed by atoms with Crippen molar-refractivity contribution in [3.05, 3.63) is 88.1 Å². The van der Waals surface area contributed by atoms with Crippen molar-refractivity contribution in [3.8, 4) is 17.2 Å². The van der Waals surface area contributed by atoms with Gasteiger partial charge >= 0.3 is 0 Å². The number of amides is 2. The highest BCUT2D eigenvalue weighted by atomic mass is 79.9. The molecule has 7 nitrogen and oxygen atoms in total. The van der Waals surface area contributed by atoms with Gasteiger partial charge in [-0.1, -0.05) is 52.3 Å². The minimum absolute atomic E-state index is 0.142. The summed E-state index contributed by atoms with van der Waals surface area (Å²) in [6.45, 7) is 0.353. The van der Waals surface area contributed by atoms with Crippen molar-refractivity contribution >= 4 is 39.5 Å². The van der Waals surface area contributed by atoms with E-state index in [0.717, 1.165) is 15.6 Å². The minimum Gasteiger partial charge on any atom is -0.454 e. The van der Waals surface area contributed by atoms with E-state index in [2.05, 4.69) is 21.2 Å². The summed E-state index contributed by atoms with van der Waals surface area (Å²) in [4.78, 5) is 27.4. The van der Waals surface area contributed by atoms with Gasteiger partial charge in [-0.05, 0) is 47.5 Å². The van der Waals surface area contributed by atoms with Crippen LogP contribution in [0.1, 0.15) is 11.1 Å². The number of benzene rings is 3. The zero-order valence-corrected chi connectivity index (χ0v) is 19.0. The van der Waals surface area contributed by atoms with E-state index in [9.17, 15) is 9.59 Å². The predicted molar refractivity (Wildman–Crippen MR) is 126 cm³/mol. The van der Waals surface area contributed by atoms with Crippen molar-refractivity contribution in [1.82, 2.24) is 5.32 Å². The first kappa shape index (κ1) is 21.1. The fourth-order valence-electron chi connectivity index (χ4n) is 3.60. The largest absolute Gasteiger partial charge is 0.454 e. The fraction of sp³-hybridized carbons (Fsp3) is 0.120. The first-order valence-corrected chi connectivity index (χ1v) is 11.1. The van der Waals surface area contributed by atoms with Crippen molar-refractivity contribution < 1.29 is 23.8 Å². The molecule has 0 spiro atoms. The van der Waals surface area contributed by atoms with E-state index in [1.165, 1.54) is 4.90 Å². The van der Waals surface area contributed by atoms with Gasteiger partial charge < -0.3 is 19.5 Å². The van der Waals surface area contributed by atoms with Gasteiger partial charge in [-0.25, -0.2) is 0 Å². The maximum absolute atomic E-state index is 13.2. The van der Waals surface area contributed by atoms with Crippen LogP contribution in [0.15, 0.2) is 77.0 Å². The first-order chi connectivity index (χ1) is 16.1. The van der Waals surface area contributed by atoms with Gasteiger partial charge in [0.05, 0.1) is 5.69 Å². The minimum atomic E-state index is -0.386. The molecule has 0 radical (unpaired) electrons. The number of ether oxygens (including phenoxy) is 3. The van der Waals surface area contributed by atoms with Crippen molar-refractivity contribution in [2.24, 2.45) is 0 Å². The predicted octanol–water partition coefficient (Wildman–Crippen LogP) is 4.26. The molecule has 2 aliphatic rings. The van der Waals surface area contributed by atoms with E-state index in [4.69, 9.17) is 14.2 Å². The monoisotopic (exact) mass is 506 g/mol. The van der Waals surface area contributed by atoms with Crippen molar-refractivity contribution in [2.75, 3.05) is 18.2 Å². The molecule has 0 saturated carbocycles. The second-order valence-electron chi connectivity index (χ2n) is 7.46. The lowest BCUT2D eigenvalue weighted by Gasteiger charge is -2.30. The lowest BCUT2D eigenvalue weighted by Crippen LogP contribution is -2.44. The summed E-state index contributed by atoms with van der Waals surface area (Å²) in [5, 5.41) is 2.87. The quantitative estimate of drug-likeness (QED) is 0.523. The maximum Gasteiger partial charge on any atom is 0.294 e. The molecule has 3 aromatic rings. The Bertz CT molecular complexity index is 1270. The number of carbonyl (C=O) groups excluding carboxylic acids is 2. The van der Waals surface area contributed by atoms with E-state index in [0.29, 0.717) is 29.5 Å². The lowest BCUT2D eigenvalue weighted by molar-refractivity contribution is -0.123. The molecule has 0 saturated heterocycles. The number of hydrogen-bond donors (Lipinski definition) is 1. The molecule has 33 heavy (non-hydrogen) atoms. The molecular formula is C25H19BrN2O5. The summed E-state index contributed by atoms with van der Waals surface area (Å²) in [6, 6.07) is 20.2. The van der Waals surface area contributed by atoms with Crippen molar-refractivity contribution in [1.29, 1.82) is 0 Å². The van der Waals surface area contributed by atoms with Gasteiger partial charge in [0.2, 0.25) is 12.7 Å². The number of para-hydroxylation sites is 2. The van der Waals surface area contributed by atoms with Gasteiger partial charge in [0.15, 0.2) is 23.0 Å². The van der Waals surface area contributed by atoms with Gasteiger partial charge in [0, 0.05) is 11.0 Å². The molecule has 1 N–H and O–H groups in total. The molecule has 0 fully saturated rings. The standard InChI is InChI=1S/C25H19BrN2O5/c26-18-6-2-1-5-17(18)12-23-25(30)28(19-7-3-4-8-20(19)33-23)14-24(29)27-13-16-9-10-21-22(11-16)32-15-31-21/h1-12H,13-15H2,(H,27,29). The average Bonchev–Trinajstić information content (AvgIpc) is 3.30. The van der Waals surface area contributed by atoms with E-state index in [1.54, 1.807) is 24.3 Å². The number of hydrogen-bond acceptors (Lipinski definition) is 5. The Balaban J connectivity index is 1.34. The highest BCUT2D eigenvalue weighted by Gasteiger charge is 2.31. The van der Waals surface area contributed by atoms with Crippen LogP contribution in [-0.4, -0.2) is 25.2 Å². The number of halogens is 1. The van der Waals surface area contributed by atoms with Crippen LogP contribution in [0, 0.1) is 0 Å². The maximum atomic E-state index is 13.2.